The first-order valence-corrected chi connectivity index (χ1v) is 6.17. The lowest BCUT2D eigenvalue weighted by Gasteiger charge is -2.18. The summed E-state index contributed by atoms with van der Waals surface area (Å²) in [6, 6.07) is 5.99. The van der Waals surface area contributed by atoms with Crippen molar-refractivity contribution in [3.63, 3.8) is 0 Å². The van der Waals surface area contributed by atoms with Crippen molar-refractivity contribution in [3.8, 4) is 0 Å². The van der Waals surface area contributed by atoms with Gasteiger partial charge in [-0.2, -0.15) is 0 Å². The number of nitrogens with zero attached hydrogens (tertiary/aromatic N) is 1. The van der Waals surface area contributed by atoms with Crippen molar-refractivity contribution in [2.24, 2.45) is 5.92 Å². The number of nitrogen functional groups attached to an aromatic ring is 1. The molecule has 1 saturated carbocycles. The number of hydrogen-bond donors (Lipinski definition) is 1. The molecule has 0 heterocycles. The van der Waals surface area contributed by atoms with Crippen LogP contribution in [0.3, 0.4) is 0 Å². The van der Waals surface area contributed by atoms with Gasteiger partial charge in [-0.25, -0.2) is 0 Å². The molecular weight excluding hydrogens is 252 g/mol. The molecule has 1 aliphatic rings. The molecule has 0 atom stereocenters. The molecular formula is C12H17BrN2. The summed E-state index contributed by atoms with van der Waals surface area (Å²) in [5.74, 6) is 0.929. The van der Waals surface area contributed by atoms with Crippen LogP contribution >= 0.6 is 15.9 Å². The van der Waals surface area contributed by atoms with Crippen molar-refractivity contribution in [2.45, 2.75) is 19.4 Å². The predicted molar refractivity (Wildman–Crippen MR) is 67.6 cm³/mol. The maximum absolute atomic E-state index is 5.96. The van der Waals surface area contributed by atoms with E-state index < -0.39 is 0 Å². The third kappa shape index (κ3) is 2.95. The van der Waals surface area contributed by atoms with Crippen molar-refractivity contribution in [2.75, 3.05) is 19.3 Å². The van der Waals surface area contributed by atoms with Gasteiger partial charge in [0.2, 0.25) is 0 Å². The molecule has 2 N–H and O–H groups in total. The van der Waals surface area contributed by atoms with Gasteiger partial charge in [0.25, 0.3) is 0 Å². The van der Waals surface area contributed by atoms with E-state index in [1.165, 1.54) is 24.9 Å². The van der Waals surface area contributed by atoms with Gasteiger partial charge in [-0.3, -0.25) is 0 Å². The number of anilines is 1. The summed E-state index contributed by atoms with van der Waals surface area (Å²) >= 11 is 3.55. The zero-order chi connectivity index (χ0) is 10.8. The molecule has 15 heavy (non-hydrogen) atoms. The average Bonchev–Trinajstić information content (AvgIpc) is 2.95. The highest BCUT2D eigenvalue weighted by molar-refractivity contribution is 9.10. The molecule has 0 aromatic heterocycles. The van der Waals surface area contributed by atoms with Crippen LogP contribution in [-0.4, -0.2) is 18.5 Å². The molecule has 0 radical (unpaired) electrons. The van der Waals surface area contributed by atoms with Gasteiger partial charge in [-0.05, 0) is 37.9 Å². The monoisotopic (exact) mass is 268 g/mol. The molecule has 2 nitrogen and oxygen atoms in total. The van der Waals surface area contributed by atoms with Gasteiger partial charge in [0.1, 0.15) is 0 Å². The first-order chi connectivity index (χ1) is 7.16. The van der Waals surface area contributed by atoms with E-state index >= 15 is 0 Å². The molecule has 3 heteroatoms. The Morgan fingerprint density at radius 3 is 2.80 bits per heavy atom. The van der Waals surface area contributed by atoms with Crippen molar-refractivity contribution in [1.29, 1.82) is 0 Å². The topological polar surface area (TPSA) is 29.3 Å². The van der Waals surface area contributed by atoms with Crippen molar-refractivity contribution in [1.82, 2.24) is 4.90 Å². The Balaban J connectivity index is 2.01. The molecule has 2 rings (SSSR count). The molecule has 1 aliphatic carbocycles. The first-order valence-electron chi connectivity index (χ1n) is 5.38. The van der Waals surface area contributed by atoms with E-state index in [-0.39, 0.29) is 0 Å². The van der Waals surface area contributed by atoms with Crippen LogP contribution in [-0.2, 0) is 6.54 Å². The zero-order valence-corrected chi connectivity index (χ0v) is 10.6. The zero-order valence-electron chi connectivity index (χ0n) is 9.04. The summed E-state index contributed by atoms with van der Waals surface area (Å²) in [4.78, 5) is 2.36. The minimum Gasteiger partial charge on any atom is -0.398 e. The van der Waals surface area contributed by atoms with Crippen LogP contribution in [0.1, 0.15) is 18.4 Å². The third-order valence-electron chi connectivity index (χ3n) is 2.85. The van der Waals surface area contributed by atoms with E-state index in [2.05, 4.69) is 33.9 Å². The number of nitrogens with two attached hydrogens (primary N) is 1. The molecule has 0 bridgehead atoms. The van der Waals surface area contributed by atoms with Gasteiger partial charge in [-0.15, -0.1) is 0 Å². The maximum Gasteiger partial charge on any atom is 0.0371 e. The Morgan fingerprint density at radius 2 is 2.20 bits per heavy atom. The minimum atomic E-state index is 0.882. The average molecular weight is 269 g/mol. The highest BCUT2D eigenvalue weighted by Crippen LogP contribution is 2.30. The Labute approximate surface area is 99.6 Å². The van der Waals surface area contributed by atoms with Crippen molar-refractivity contribution in [3.05, 3.63) is 28.2 Å². The van der Waals surface area contributed by atoms with Gasteiger partial charge in [-0.1, -0.05) is 22.0 Å². The fourth-order valence-electron chi connectivity index (χ4n) is 1.82. The maximum atomic E-state index is 5.96. The second-order valence-corrected chi connectivity index (χ2v) is 5.30. The molecule has 1 aromatic rings. The second kappa shape index (κ2) is 4.54. The van der Waals surface area contributed by atoms with E-state index in [1.807, 2.05) is 12.1 Å². The van der Waals surface area contributed by atoms with Crippen LogP contribution in [0.4, 0.5) is 5.69 Å². The Morgan fingerprint density at radius 1 is 1.47 bits per heavy atom. The number of hydrogen-bond acceptors (Lipinski definition) is 2. The summed E-state index contributed by atoms with van der Waals surface area (Å²) < 4.78 is 1.12. The fourth-order valence-corrected chi connectivity index (χ4v) is 2.32. The quantitative estimate of drug-likeness (QED) is 0.852. The van der Waals surface area contributed by atoms with Crippen LogP contribution < -0.4 is 5.73 Å². The molecule has 1 fully saturated rings. The van der Waals surface area contributed by atoms with Gasteiger partial charge in [0, 0.05) is 28.8 Å². The third-order valence-corrected chi connectivity index (χ3v) is 3.59. The SMILES string of the molecule is CN(Cc1c(N)cccc1Br)CC1CC1. The fraction of sp³-hybridized carbons (Fsp3) is 0.500. The molecule has 0 aliphatic heterocycles. The van der Waals surface area contributed by atoms with E-state index in [0.29, 0.717) is 0 Å². The van der Waals surface area contributed by atoms with E-state index in [4.69, 9.17) is 5.73 Å². The van der Waals surface area contributed by atoms with Crippen LogP contribution in [0.2, 0.25) is 0 Å². The molecule has 82 valence electrons. The van der Waals surface area contributed by atoms with Gasteiger partial charge in [0.05, 0.1) is 0 Å². The summed E-state index contributed by atoms with van der Waals surface area (Å²) in [7, 11) is 2.16. The summed E-state index contributed by atoms with van der Waals surface area (Å²) in [5.41, 5.74) is 8.05. The smallest absolute Gasteiger partial charge is 0.0371 e. The molecule has 1 aromatic carbocycles. The number of benzene rings is 1. The molecule has 0 spiro atoms. The largest absolute Gasteiger partial charge is 0.398 e. The molecule has 0 unspecified atom stereocenters. The number of halogens is 1. The normalized spacial score (nSPS) is 15.9. The second-order valence-electron chi connectivity index (χ2n) is 4.45. The number of rotatable bonds is 4. The van der Waals surface area contributed by atoms with Crippen LogP contribution in [0.15, 0.2) is 22.7 Å². The standard InChI is InChI=1S/C12H17BrN2/c1-15(7-9-5-6-9)8-10-11(13)3-2-4-12(10)14/h2-4,9H,5-8,14H2,1H3. The summed E-state index contributed by atoms with van der Waals surface area (Å²) in [5, 5.41) is 0. The Bertz CT molecular complexity index is 327. The lowest BCUT2D eigenvalue weighted by Crippen LogP contribution is -2.21. The van der Waals surface area contributed by atoms with Gasteiger partial charge >= 0.3 is 0 Å². The Kier molecular flexibility index (Phi) is 3.32. The van der Waals surface area contributed by atoms with Gasteiger partial charge < -0.3 is 10.6 Å². The van der Waals surface area contributed by atoms with E-state index in [0.717, 1.165) is 22.6 Å². The highest BCUT2D eigenvalue weighted by atomic mass is 79.9. The highest BCUT2D eigenvalue weighted by Gasteiger charge is 2.23. The lowest BCUT2D eigenvalue weighted by molar-refractivity contribution is 0.313. The van der Waals surface area contributed by atoms with Crippen molar-refractivity contribution < 1.29 is 0 Å². The van der Waals surface area contributed by atoms with Crippen LogP contribution in [0, 0.1) is 5.92 Å². The van der Waals surface area contributed by atoms with Crippen LogP contribution in [0.5, 0.6) is 0 Å². The van der Waals surface area contributed by atoms with E-state index in [1.54, 1.807) is 0 Å². The predicted octanol–water partition coefficient (Wildman–Crippen LogP) is 2.87. The summed E-state index contributed by atoms with van der Waals surface area (Å²) in [6.45, 7) is 2.13. The molecule has 0 saturated heterocycles. The van der Waals surface area contributed by atoms with Gasteiger partial charge in [0.15, 0.2) is 0 Å². The van der Waals surface area contributed by atoms with E-state index in [9.17, 15) is 0 Å². The lowest BCUT2D eigenvalue weighted by atomic mass is 10.1. The van der Waals surface area contributed by atoms with Crippen LogP contribution in [0.25, 0.3) is 0 Å². The first kappa shape index (κ1) is 11.0. The minimum absolute atomic E-state index is 0.882. The van der Waals surface area contributed by atoms with Crippen molar-refractivity contribution >= 4 is 21.6 Å². The molecule has 0 amide bonds. The Hall–Kier alpha value is -0.540. The summed E-state index contributed by atoms with van der Waals surface area (Å²) in [6.07, 6.45) is 2.80.